The van der Waals surface area contributed by atoms with Gasteiger partial charge < -0.3 is 10.6 Å². The van der Waals surface area contributed by atoms with Crippen LogP contribution >= 0.6 is 12.4 Å². The number of hydrogen-bond acceptors (Lipinski definition) is 3. The second-order valence-electron chi connectivity index (χ2n) is 5.26. The van der Waals surface area contributed by atoms with E-state index in [1.807, 2.05) is 62.0 Å². The van der Waals surface area contributed by atoms with Gasteiger partial charge in [-0.25, -0.2) is 4.68 Å². The predicted molar refractivity (Wildman–Crippen MR) is 91.5 cm³/mol. The quantitative estimate of drug-likeness (QED) is 0.859. The Morgan fingerprint density at radius 2 is 2.00 bits per heavy atom. The smallest absolute Gasteiger partial charge is 0.229 e. The third-order valence-corrected chi connectivity index (χ3v) is 3.29. The number of hydrogen-bond donors (Lipinski definition) is 2. The monoisotopic (exact) mass is 322 g/mol. The molecule has 0 saturated heterocycles. The lowest BCUT2D eigenvalue weighted by Gasteiger charge is -2.13. The molecule has 2 aromatic rings. The Bertz CT molecular complexity index is 597. The Hall–Kier alpha value is -1.85. The van der Waals surface area contributed by atoms with Crippen LogP contribution in [0.3, 0.4) is 0 Å². The van der Waals surface area contributed by atoms with Crippen LogP contribution in [0.2, 0.25) is 0 Å². The van der Waals surface area contributed by atoms with E-state index >= 15 is 0 Å². The van der Waals surface area contributed by atoms with E-state index in [0.717, 1.165) is 17.1 Å². The highest BCUT2D eigenvalue weighted by molar-refractivity contribution is 5.91. The summed E-state index contributed by atoms with van der Waals surface area (Å²) in [5.74, 6) is 0.651. The van der Waals surface area contributed by atoms with Crippen LogP contribution in [0.5, 0.6) is 0 Å². The number of nitrogens with one attached hydrogen (secondary N) is 2. The summed E-state index contributed by atoms with van der Waals surface area (Å²) in [6, 6.07) is 12.0. The van der Waals surface area contributed by atoms with Crippen LogP contribution in [0.25, 0.3) is 0 Å². The van der Waals surface area contributed by atoms with E-state index in [-0.39, 0.29) is 24.2 Å². The molecule has 1 unspecified atom stereocenters. The van der Waals surface area contributed by atoms with Gasteiger partial charge in [0.1, 0.15) is 5.82 Å². The normalized spacial score (nSPS) is 11.6. The van der Waals surface area contributed by atoms with Crippen molar-refractivity contribution in [2.45, 2.75) is 20.4 Å². The molecule has 1 aromatic heterocycles. The van der Waals surface area contributed by atoms with Gasteiger partial charge >= 0.3 is 0 Å². The lowest BCUT2D eigenvalue weighted by atomic mass is 10.1. The molecule has 0 aliphatic carbocycles. The number of nitrogens with zero attached hydrogens (tertiary/aromatic N) is 2. The molecule has 5 nitrogen and oxygen atoms in total. The van der Waals surface area contributed by atoms with Gasteiger partial charge in [-0.05, 0) is 19.5 Å². The van der Waals surface area contributed by atoms with E-state index in [1.54, 1.807) is 0 Å². The van der Waals surface area contributed by atoms with Crippen molar-refractivity contribution in [3.63, 3.8) is 0 Å². The summed E-state index contributed by atoms with van der Waals surface area (Å²) in [4.78, 5) is 12.1. The third kappa shape index (κ3) is 4.86. The summed E-state index contributed by atoms with van der Waals surface area (Å²) in [6.07, 6.45) is 0. The molecule has 0 radical (unpaired) electrons. The number of aromatic nitrogens is 2. The number of benzene rings is 1. The fourth-order valence-corrected chi connectivity index (χ4v) is 2.17. The molecule has 2 rings (SSSR count). The van der Waals surface area contributed by atoms with Crippen molar-refractivity contribution < 1.29 is 4.79 Å². The Labute approximate surface area is 137 Å². The minimum absolute atomic E-state index is 0. The number of amides is 1. The first kappa shape index (κ1) is 18.2. The van der Waals surface area contributed by atoms with Crippen LogP contribution in [0, 0.1) is 12.8 Å². The zero-order chi connectivity index (χ0) is 15.2. The summed E-state index contributed by atoms with van der Waals surface area (Å²) in [5, 5.41) is 10.4. The van der Waals surface area contributed by atoms with E-state index in [4.69, 9.17) is 0 Å². The second-order valence-corrected chi connectivity index (χ2v) is 5.26. The van der Waals surface area contributed by atoms with Gasteiger partial charge in [0.25, 0.3) is 0 Å². The minimum atomic E-state index is -0.0876. The van der Waals surface area contributed by atoms with Crippen molar-refractivity contribution in [3.8, 4) is 0 Å². The van der Waals surface area contributed by atoms with Crippen LogP contribution in [0.15, 0.2) is 36.4 Å². The maximum Gasteiger partial charge on any atom is 0.229 e. The SMILES string of the molecule is CNCC(C)C(=O)Nc1cc(C)nn1Cc1ccccc1.Cl. The Kier molecular flexibility index (Phi) is 7.08. The van der Waals surface area contributed by atoms with Crippen LogP contribution in [-0.2, 0) is 11.3 Å². The van der Waals surface area contributed by atoms with E-state index in [1.165, 1.54) is 0 Å². The van der Waals surface area contributed by atoms with Crippen molar-refractivity contribution in [1.82, 2.24) is 15.1 Å². The molecule has 6 heteroatoms. The topological polar surface area (TPSA) is 59.0 Å². The number of anilines is 1. The first-order chi connectivity index (χ1) is 10.1. The number of rotatable bonds is 6. The molecule has 1 heterocycles. The van der Waals surface area contributed by atoms with Crippen molar-refractivity contribution in [1.29, 1.82) is 0 Å². The van der Waals surface area contributed by atoms with Crippen molar-refractivity contribution in [2.75, 3.05) is 18.9 Å². The highest BCUT2D eigenvalue weighted by Gasteiger charge is 2.15. The zero-order valence-corrected chi connectivity index (χ0v) is 14.0. The van der Waals surface area contributed by atoms with Crippen LogP contribution in [0.1, 0.15) is 18.2 Å². The van der Waals surface area contributed by atoms with E-state index in [0.29, 0.717) is 13.1 Å². The lowest BCUT2D eigenvalue weighted by molar-refractivity contribution is -0.119. The molecule has 0 fully saturated rings. The van der Waals surface area contributed by atoms with Crippen LogP contribution in [-0.4, -0.2) is 29.3 Å². The van der Waals surface area contributed by atoms with Gasteiger partial charge in [-0.1, -0.05) is 37.3 Å². The Morgan fingerprint density at radius 1 is 1.32 bits per heavy atom. The lowest BCUT2D eigenvalue weighted by Crippen LogP contribution is -2.29. The largest absolute Gasteiger partial charge is 0.319 e. The molecule has 22 heavy (non-hydrogen) atoms. The summed E-state index contributed by atoms with van der Waals surface area (Å²) in [5.41, 5.74) is 2.04. The molecule has 0 aliphatic rings. The predicted octanol–water partition coefficient (Wildman–Crippen LogP) is 2.46. The molecule has 1 amide bonds. The van der Waals surface area contributed by atoms with Crippen molar-refractivity contribution in [2.24, 2.45) is 5.92 Å². The Morgan fingerprint density at radius 3 is 2.64 bits per heavy atom. The average molecular weight is 323 g/mol. The van der Waals surface area contributed by atoms with Crippen LogP contribution < -0.4 is 10.6 Å². The molecule has 1 atom stereocenters. The summed E-state index contributed by atoms with van der Waals surface area (Å²) in [7, 11) is 1.84. The minimum Gasteiger partial charge on any atom is -0.319 e. The maximum absolute atomic E-state index is 12.1. The molecule has 0 bridgehead atoms. The van der Waals surface area contributed by atoms with Gasteiger partial charge in [0.15, 0.2) is 0 Å². The second kappa shape index (κ2) is 8.56. The van der Waals surface area contributed by atoms with Crippen molar-refractivity contribution in [3.05, 3.63) is 47.7 Å². The molecular weight excluding hydrogens is 300 g/mol. The average Bonchev–Trinajstić information content (AvgIpc) is 2.80. The highest BCUT2D eigenvalue weighted by Crippen LogP contribution is 2.14. The number of carbonyl (C=O) groups is 1. The van der Waals surface area contributed by atoms with Crippen LogP contribution in [0.4, 0.5) is 5.82 Å². The van der Waals surface area contributed by atoms with E-state index in [9.17, 15) is 4.79 Å². The van der Waals surface area contributed by atoms with Gasteiger partial charge in [0.2, 0.25) is 5.91 Å². The van der Waals surface area contributed by atoms with Gasteiger partial charge in [0.05, 0.1) is 12.2 Å². The summed E-state index contributed by atoms with van der Waals surface area (Å²) < 4.78 is 1.83. The summed E-state index contributed by atoms with van der Waals surface area (Å²) in [6.45, 7) is 5.12. The molecular formula is C16H23ClN4O. The number of carbonyl (C=O) groups excluding carboxylic acids is 1. The Balaban J connectivity index is 0.00000242. The fourth-order valence-electron chi connectivity index (χ4n) is 2.17. The fraction of sp³-hybridized carbons (Fsp3) is 0.375. The van der Waals surface area contributed by atoms with Gasteiger partial charge in [-0.15, -0.1) is 12.4 Å². The first-order valence-corrected chi connectivity index (χ1v) is 7.14. The van der Waals surface area contributed by atoms with Gasteiger partial charge in [-0.2, -0.15) is 5.10 Å². The van der Waals surface area contributed by atoms with E-state index < -0.39 is 0 Å². The first-order valence-electron chi connectivity index (χ1n) is 7.14. The molecule has 2 N–H and O–H groups in total. The van der Waals surface area contributed by atoms with Gasteiger partial charge in [0, 0.05) is 18.5 Å². The van der Waals surface area contributed by atoms with Gasteiger partial charge in [-0.3, -0.25) is 4.79 Å². The van der Waals surface area contributed by atoms with E-state index in [2.05, 4.69) is 15.7 Å². The molecule has 0 aliphatic heterocycles. The third-order valence-electron chi connectivity index (χ3n) is 3.29. The standard InChI is InChI=1S/C16H22N4O.ClH/c1-12(10-17-3)16(21)18-15-9-13(2)19-20(15)11-14-7-5-4-6-8-14;/h4-9,12,17H,10-11H2,1-3H3,(H,18,21);1H. The number of halogens is 1. The summed E-state index contributed by atoms with van der Waals surface area (Å²) >= 11 is 0. The number of aryl methyl sites for hydroxylation is 1. The molecule has 0 spiro atoms. The highest BCUT2D eigenvalue weighted by atomic mass is 35.5. The molecule has 1 aromatic carbocycles. The molecule has 120 valence electrons. The maximum atomic E-state index is 12.1. The zero-order valence-electron chi connectivity index (χ0n) is 13.2. The van der Waals surface area contributed by atoms with Crippen molar-refractivity contribution >= 4 is 24.1 Å². The molecule has 0 saturated carbocycles.